The predicted octanol–water partition coefficient (Wildman–Crippen LogP) is 1.74. The van der Waals surface area contributed by atoms with Gasteiger partial charge in [0.05, 0.1) is 12.2 Å². The van der Waals surface area contributed by atoms with Crippen molar-refractivity contribution in [1.29, 1.82) is 0 Å². The van der Waals surface area contributed by atoms with Crippen LogP contribution in [0.25, 0.3) is 0 Å². The highest BCUT2D eigenvalue weighted by Gasteiger charge is 2.37. The molecule has 0 aliphatic carbocycles. The lowest BCUT2D eigenvalue weighted by atomic mass is 10.1. The Hall–Kier alpha value is -1.10. The minimum absolute atomic E-state index is 0.164. The minimum atomic E-state index is -1.04. The van der Waals surface area contributed by atoms with Crippen LogP contribution in [0.1, 0.15) is 45.4 Å². The lowest BCUT2D eigenvalue weighted by molar-refractivity contribution is -0.137. The smallest absolute Gasteiger partial charge is 0.376 e. The molecule has 1 aliphatic heterocycles. The molecule has 0 saturated carbocycles. The van der Waals surface area contributed by atoms with Crippen LogP contribution in [0.4, 0.5) is 4.79 Å². The molecule has 0 aromatic carbocycles. The standard InChI is InChI=1S/C11H19NO4/c1-2-3-4-5-8-9(15-8)6-7-10(13)16-11(12)14/h8-9H,2-7H2,1H3,(H2,12,14). The van der Waals surface area contributed by atoms with Gasteiger partial charge in [0.1, 0.15) is 0 Å². The minimum Gasteiger partial charge on any atom is -0.376 e. The number of carbonyl (C=O) groups is 2. The van der Waals surface area contributed by atoms with Gasteiger partial charge in [-0.2, -0.15) is 0 Å². The molecule has 1 saturated heterocycles. The number of unbranched alkanes of at least 4 members (excludes halogenated alkanes) is 2. The molecule has 2 atom stereocenters. The average molecular weight is 229 g/mol. The molecule has 2 N–H and O–H groups in total. The molecule has 0 aromatic rings. The summed E-state index contributed by atoms with van der Waals surface area (Å²) in [5.41, 5.74) is 4.71. The van der Waals surface area contributed by atoms with Crippen molar-refractivity contribution in [2.24, 2.45) is 5.73 Å². The molecular formula is C11H19NO4. The van der Waals surface area contributed by atoms with E-state index in [1.165, 1.54) is 19.3 Å². The van der Waals surface area contributed by atoms with Gasteiger partial charge in [-0.05, 0) is 12.8 Å². The van der Waals surface area contributed by atoms with Crippen molar-refractivity contribution in [3.63, 3.8) is 0 Å². The maximum Gasteiger partial charge on any atom is 0.412 e. The third-order valence-corrected chi connectivity index (χ3v) is 2.63. The molecular weight excluding hydrogens is 210 g/mol. The van der Waals surface area contributed by atoms with Gasteiger partial charge in [0, 0.05) is 6.42 Å². The first-order chi connectivity index (χ1) is 7.63. The van der Waals surface area contributed by atoms with Gasteiger partial charge >= 0.3 is 12.1 Å². The largest absolute Gasteiger partial charge is 0.412 e. The molecule has 0 bridgehead atoms. The Morgan fingerprint density at radius 1 is 1.25 bits per heavy atom. The Kier molecular flexibility index (Phi) is 5.25. The SMILES string of the molecule is CCCCCC1OC1CCC(=O)OC(N)=O. The highest BCUT2D eigenvalue weighted by atomic mass is 16.6. The van der Waals surface area contributed by atoms with Crippen LogP contribution < -0.4 is 5.73 Å². The normalized spacial score (nSPS) is 22.8. The predicted molar refractivity (Wildman–Crippen MR) is 57.7 cm³/mol. The van der Waals surface area contributed by atoms with E-state index in [4.69, 9.17) is 10.5 Å². The highest BCUT2D eigenvalue weighted by molar-refractivity contribution is 5.83. The van der Waals surface area contributed by atoms with Crippen LogP contribution in [0.2, 0.25) is 0 Å². The first-order valence-corrected chi connectivity index (χ1v) is 5.79. The summed E-state index contributed by atoms with van der Waals surface area (Å²) in [6.07, 6.45) is 4.87. The van der Waals surface area contributed by atoms with Crippen LogP contribution in [0, 0.1) is 0 Å². The maximum absolute atomic E-state index is 11.0. The molecule has 1 amide bonds. The number of amides is 1. The molecule has 0 radical (unpaired) electrons. The number of primary amides is 1. The first kappa shape index (κ1) is 13.0. The second kappa shape index (κ2) is 6.48. The van der Waals surface area contributed by atoms with Crippen molar-refractivity contribution >= 4 is 12.1 Å². The fourth-order valence-corrected chi connectivity index (χ4v) is 1.71. The van der Waals surface area contributed by atoms with Crippen LogP contribution in [0.5, 0.6) is 0 Å². The van der Waals surface area contributed by atoms with E-state index in [9.17, 15) is 9.59 Å². The van der Waals surface area contributed by atoms with E-state index in [2.05, 4.69) is 11.7 Å². The summed E-state index contributed by atoms with van der Waals surface area (Å²) in [7, 11) is 0. The lowest BCUT2D eigenvalue weighted by Gasteiger charge is -1.97. The highest BCUT2D eigenvalue weighted by Crippen LogP contribution is 2.31. The Balaban J connectivity index is 2.00. The van der Waals surface area contributed by atoms with Crippen molar-refractivity contribution in [3.05, 3.63) is 0 Å². The number of esters is 1. The molecule has 92 valence electrons. The summed E-state index contributed by atoms with van der Waals surface area (Å²) in [5.74, 6) is -0.574. The first-order valence-electron chi connectivity index (χ1n) is 5.79. The Bertz CT molecular complexity index is 254. The summed E-state index contributed by atoms with van der Waals surface area (Å²) >= 11 is 0. The van der Waals surface area contributed by atoms with E-state index in [0.717, 1.165) is 6.42 Å². The summed E-state index contributed by atoms with van der Waals surface area (Å²) in [6.45, 7) is 2.16. The van der Waals surface area contributed by atoms with E-state index in [0.29, 0.717) is 12.5 Å². The molecule has 16 heavy (non-hydrogen) atoms. The van der Waals surface area contributed by atoms with Gasteiger partial charge in [0.15, 0.2) is 0 Å². The number of rotatable bonds is 7. The van der Waals surface area contributed by atoms with Gasteiger partial charge in [-0.15, -0.1) is 0 Å². The van der Waals surface area contributed by atoms with Crippen LogP contribution in [0.15, 0.2) is 0 Å². The van der Waals surface area contributed by atoms with Gasteiger partial charge in [-0.25, -0.2) is 4.79 Å². The van der Waals surface area contributed by atoms with E-state index >= 15 is 0 Å². The van der Waals surface area contributed by atoms with E-state index in [-0.39, 0.29) is 12.5 Å². The maximum atomic E-state index is 11.0. The van der Waals surface area contributed by atoms with E-state index in [1.54, 1.807) is 0 Å². The van der Waals surface area contributed by atoms with Gasteiger partial charge < -0.3 is 15.2 Å². The molecule has 1 heterocycles. The van der Waals surface area contributed by atoms with Crippen molar-refractivity contribution in [2.45, 2.75) is 57.7 Å². The average Bonchev–Trinajstić information content (AvgIpc) is 2.93. The van der Waals surface area contributed by atoms with Gasteiger partial charge in [-0.3, -0.25) is 4.79 Å². The molecule has 1 fully saturated rings. The monoisotopic (exact) mass is 229 g/mol. The number of ether oxygens (including phenoxy) is 2. The zero-order chi connectivity index (χ0) is 12.0. The quantitative estimate of drug-likeness (QED) is 0.312. The van der Waals surface area contributed by atoms with Gasteiger partial charge in [-0.1, -0.05) is 26.2 Å². The van der Waals surface area contributed by atoms with E-state index < -0.39 is 12.1 Å². The van der Waals surface area contributed by atoms with Crippen molar-refractivity contribution < 1.29 is 19.1 Å². The number of nitrogens with two attached hydrogens (primary N) is 1. The number of hydrogen-bond acceptors (Lipinski definition) is 4. The molecule has 5 heteroatoms. The molecule has 1 aliphatic rings. The van der Waals surface area contributed by atoms with Gasteiger partial charge in [0.2, 0.25) is 0 Å². The molecule has 1 rings (SSSR count). The molecule has 0 aromatic heterocycles. The third-order valence-electron chi connectivity index (χ3n) is 2.63. The lowest BCUT2D eigenvalue weighted by Crippen LogP contribution is -2.18. The van der Waals surface area contributed by atoms with Crippen LogP contribution in [-0.2, 0) is 14.3 Å². The second-order valence-electron chi connectivity index (χ2n) is 4.04. The second-order valence-corrected chi connectivity index (χ2v) is 4.04. The summed E-state index contributed by atoms with van der Waals surface area (Å²) in [6, 6.07) is 0. The van der Waals surface area contributed by atoms with Crippen LogP contribution in [-0.4, -0.2) is 24.3 Å². The Morgan fingerprint density at radius 2 is 1.94 bits per heavy atom. The topological polar surface area (TPSA) is 81.9 Å². The number of carbonyl (C=O) groups excluding carboxylic acids is 2. The van der Waals surface area contributed by atoms with Crippen LogP contribution in [0.3, 0.4) is 0 Å². The summed E-state index contributed by atoms with van der Waals surface area (Å²) in [4.78, 5) is 21.2. The summed E-state index contributed by atoms with van der Waals surface area (Å²) in [5, 5.41) is 0. The number of epoxide rings is 1. The fraction of sp³-hybridized carbons (Fsp3) is 0.818. The van der Waals surface area contributed by atoms with Gasteiger partial charge in [0.25, 0.3) is 0 Å². The van der Waals surface area contributed by atoms with Crippen molar-refractivity contribution in [3.8, 4) is 0 Å². The molecule has 5 nitrogen and oxygen atoms in total. The van der Waals surface area contributed by atoms with E-state index in [1.807, 2.05) is 0 Å². The molecule has 0 spiro atoms. The Labute approximate surface area is 95.3 Å². The van der Waals surface area contributed by atoms with Crippen molar-refractivity contribution in [1.82, 2.24) is 0 Å². The number of hydrogen-bond donors (Lipinski definition) is 1. The summed E-state index contributed by atoms with van der Waals surface area (Å²) < 4.78 is 9.60. The zero-order valence-electron chi connectivity index (χ0n) is 9.61. The Morgan fingerprint density at radius 3 is 2.56 bits per heavy atom. The van der Waals surface area contributed by atoms with Crippen molar-refractivity contribution in [2.75, 3.05) is 0 Å². The zero-order valence-corrected chi connectivity index (χ0v) is 9.61. The third kappa shape index (κ3) is 5.11. The van der Waals surface area contributed by atoms with Crippen LogP contribution >= 0.6 is 0 Å². The molecule has 2 unspecified atom stereocenters. The fourth-order valence-electron chi connectivity index (χ4n) is 1.71.